The lowest BCUT2D eigenvalue weighted by molar-refractivity contribution is 0.471. The predicted molar refractivity (Wildman–Crippen MR) is 43.6 cm³/mol. The first-order valence-corrected chi connectivity index (χ1v) is 3.22. The van der Waals surface area contributed by atoms with Gasteiger partial charge in [0.05, 0.1) is 0 Å². The fourth-order valence-electron chi connectivity index (χ4n) is 0.705. The van der Waals surface area contributed by atoms with E-state index in [0.717, 1.165) is 0 Å². The largest absolute Gasteiger partial charge is 0.504 e. The highest BCUT2D eigenvalue weighted by Gasteiger charge is 1.92. The molecule has 0 aliphatic heterocycles. The van der Waals surface area contributed by atoms with Crippen LogP contribution >= 0.6 is 0 Å². The van der Waals surface area contributed by atoms with E-state index in [0.29, 0.717) is 5.69 Å². The van der Waals surface area contributed by atoms with Gasteiger partial charge >= 0.3 is 0 Å². The molecule has 12 heavy (non-hydrogen) atoms. The summed E-state index contributed by atoms with van der Waals surface area (Å²) in [6.45, 7) is 0. The molecule has 4 nitrogen and oxygen atoms in total. The number of anilines is 1. The maximum atomic E-state index is 10.8. The molecule has 0 aromatic heterocycles. The standard InChI is InChI=1S/C8H6N2O2/c9-5-10-6-1-3-7(11)8(12)4-2-6/h1-4,10H,(H,11,12). The van der Waals surface area contributed by atoms with Gasteiger partial charge in [-0.05, 0) is 24.3 Å². The van der Waals surface area contributed by atoms with Gasteiger partial charge in [0, 0.05) is 5.69 Å². The van der Waals surface area contributed by atoms with Crippen LogP contribution in [0, 0.1) is 11.5 Å². The molecule has 60 valence electrons. The monoisotopic (exact) mass is 162 g/mol. The van der Waals surface area contributed by atoms with Crippen molar-refractivity contribution in [2.75, 3.05) is 5.32 Å². The lowest BCUT2D eigenvalue weighted by Crippen LogP contribution is -1.91. The number of rotatable bonds is 1. The molecule has 0 radical (unpaired) electrons. The van der Waals surface area contributed by atoms with Gasteiger partial charge in [-0.1, -0.05) is 0 Å². The molecular formula is C8H6N2O2. The van der Waals surface area contributed by atoms with E-state index in [4.69, 9.17) is 10.4 Å². The van der Waals surface area contributed by atoms with Crippen molar-refractivity contribution in [1.82, 2.24) is 0 Å². The molecule has 0 bridgehead atoms. The van der Waals surface area contributed by atoms with Crippen LogP contribution in [-0.4, -0.2) is 5.11 Å². The summed E-state index contributed by atoms with van der Waals surface area (Å²) in [6, 6.07) is 5.29. The molecule has 1 rings (SSSR count). The van der Waals surface area contributed by atoms with Crippen molar-refractivity contribution in [3.05, 3.63) is 34.5 Å². The summed E-state index contributed by atoms with van der Waals surface area (Å²) in [5.41, 5.74) is -0.00381. The topological polar surface area (TPSA) is 73.1 Å². The fourth-order valence-corrected chi connectivity index (χ4v) is 0.705. The van der Waals surface area contributed by atoms with Crippen LogP contribution in [0.4, 0.5) is 5.69 Å². The van der Waals surface area contributed by atoms with Gasteiger partial charge in [-0.3, -0.25) is 10.1 Å². The average Bonchev–Trinajstić information content (AvgIpc) is 2.20. The van der Waals surface area contributed by atoms with Crippen molar-refractivity contribution < 1.29 is 5.11 Å². The first kappa shape index (κ1) is 8.08. The van der Waals surface area contributed by atoms with Crippen LogP contribution in [0.2, 0.25) is 0 Å². The molecular weight excluding hydrogens is 156 g/mol. The van der Waals surface area contributed by atoms with E-state index in [-0.39, 0.29) is 5.75 Å². The third-order valence-electron chi connectivity index (χ3n) is 1.29. The van der Waals surface area contributed by atoms with Gasteiger partial charge < -0.3 is 5.11 Å². The number of nitrogens with one attached hydrogen (secondary N) is 1. The van der Waals surface area contributed by atoms with Crippen LogP contribution in [0.5, 0.6) is 5.75 Å². The Morgan fingerprint density at radius 1 is 1.33 bits per heavy atom. The fraction of sp³-hybridized carbons (Fsp3) is 0. The Morgan fingerprint density at radius 2 is 2.00 bits per heavy atom. The predicted octanol–water partition coefficient (Wildman–Crippen LogP) is 0.645. The van der Waals surface area contributed by atoms with E-state index in [1.165, 1.54) is 24.3 Å². The van der Waals surface area contributed by atoms with Gasteiger partial charge in [0.25, 0.3) is 0 Å². The normalized spacial score (nSPS) is 8.58. The SMILES string of the molecule is N#CNc1ccc(O)c(=O)cc1. The third kappa shape index (κ3) is 1.73. The van der Waals surface area contributed by atoms with Crippen molar-refractivity contribution in [2.45, 2.75) is 0 Å². The highest BCUT2D eigenvalue weighted by atomic mass is 16.3. The van der Waals surface area contributed by atoms with Gasteiger partial charge in [-0.15, -0.1) is 0 Å². The Kier molecular flexibility index (Phi) is 2.29. The lowest BCUT2D eigenvalue weighted by atomic mass is 10.4. The molecule has 1 aromatic rings. The summed E-state index contributed by atoms with van der Waals surface area (Å²) in [7, 11) is 0. The Hall–Kier alpha value is -2.02. The number of aromatic hydroxyl groups is 1. The van der Waals surface area contributed by atoms with Crippen molar-refractivity contribution in [1.29, 1.82) is 5.26 Å². The van der Waals surface area contributed by atoms with Crippen LogP contribution in [0.3, 0.4) is 0 Å². The summed E-state index contributed by atoms with van der Waals surface area (Å²) in [5.74, 6) is -0.332. The van der Waals surface area contributed by atoms with Crippen LogP contribution < -0.4 is 10.7 Å². The number of nitrogens with zero attached hydrogens (tertiary/aromatic N) is 1. The summed E-state index contributed by atoms with van der Waals surface area (Å²) in [4.78, 5) is 10.8. The van der Waals surface area contributed by atoms with Gasteiger partial charge in [0.15, 0.2) is 11.9 Å². The minimum atomic E-state index is -0.471. The first-order chi connectivity index (χ1) is 5.74. The van der Waals surface area contributed by atoms with E-state index in [9.17, 15) is 4.79 Å². The molecule has 0 aliphatic carbocycles. The summed E-state index contributed by atoms with van der Waals surface area (Å²) in [6.07, 6.45) is 1.70. The molecule has 0 aliphatic rings. The number of nitriles is 1. The van der Waals surface area contributed by atoms with E-state index < -0.39 is 5.43 Å². The smallest absolute Gasteiger partial charge is 0.220 e. The number of hydrogen-bond acceptors (Lipinski definition) is 4. The highest BCUT2D eigenvalue weighted by Crippen LogP contribution is 2.05. The molecule has 0 unspecified atom stereocenters. The van der Waals surface area contributed by atoms with Crippen LogP contribution in [0.1, 0.15) is 0 Å². The summed E-state index contributed by atoms with van der Waals surface area (Å²) in [5, 5.41) is 19.5. The molecule has 0 atom stereocenters. The first-order valence-electron chi connectivity index (χ1n) is 3.22. The summed E-state index contributed by atoms with van der Waals surface area (Å²) < 4.78 is 0. The highest BCUT2D eigenvalue weighted by molar-refractivity contribution is 5.46. The minimum Gasteiger partial charge on any atom is -0.504 e. The van der Waals surface area contributed by atoms with E-state index in [2.05, 4.69) is 5.32 Å². The van der Waals surface area contributed by atoms with Crippen molar-refractivity contribution >= 4 is 5.69 Å². The van der Waals surface area contributed by atoms with Crippen LogP contribution in [0.15, 0.2) is 29.1 Å². The maximum Gasteiger partial charge on any atom is 0.220 e. The second kappa shape index (κ2) is 3.39. The zero-order valence-electron chi connectivity index (χ0n) is 6.11. The van der Waals surface area contributed by atoms with Crippen molar-refractivity contribution in [3.8, 4) is 11.9 Å². The van der Waals surface area contributed by atoms with Gasteiger partial charge in [0.2, 0.25) is 5.43 Å². The Balaban J connectivity index is 3.19. The second-order valence-corrected chi connectivity index (χ2v) is 2.11. The number of hydrogen-bond donors (Lipinski definition) is 2. The molecule has 0 saturated heterocycles. The Morgan fingerprint density at radius 3 is 2.67 bits per heavy atom. The van der Waals surface area contributed by atoms with Crippen molar-refractivity contribution in [3.63, 3.8) is 0 Å². The Bertz CT molecular complexity index is 382. The second-order valence-electron chi connectivity index (χ2n) is 2.11. The third-order valence-corrected chi connectivity index (χ3v) is 1.29. The van der Waals surface area contributed by atoms with Gasteiger partial charge in [-0.2, -0.15) is 5.26 Å². The minimum absolute atomic E-state index is 0.332. The zero-order chi connectivity index (χ0) is 8.97. The molecule has 0 saturated carbocycles. The zero-order valence-corrected chi connectivity index (χ0v) is 6.11. The maximum absolute atomic E-state index is 10.8. The van der Waals surface area contributed by atoms with Crippen LogP contribution in [-0.2, 0) is 0 Å². The average molecular weight is 162 g/mol. The summed E-state index contributed by atoms with van der Waals surface area (Å²) >= 11 is 0. The molecule has 0 fully saturated rings. The van der Waals surface area contributed by atoms with Gasteiger partial charge in [-0.25, -0.2) is 0 Å². The molecule has 0 amide bonds. The molecule has 0 heterocycles. The van der Waals surface area contributed by atoms with E-state index >= 15 is 0 Å². The van der Waals surface area contributed by atoms with Crippen LogP contribution in [0.25, 0.3) is 0 Å². The lowest BCUT2D eigenvalue weighted by Gasteiger charge is -1.87. The molecule has 1 aromatic carbocycles. The van der Waals surface area contributed by atoms with Gasteiger partial charge in [0.1, 0.15) is 0 Å². The quantitative estimate of drug-likeness (QED) is 0.469. The molecule has 2 N–H and O–H groups in total. The molecule has 0 spiro atoms. The Labute approximate surface area is 68.7 Å². The molecule has 4 heteroatoms. The van der Waals surface area contributed by atoms with E-state index in [1.807, 2.05) is 0 Å². The van der Waals surface area contributed by atoms with E-state index in [1.54, 1.807) is 6.19 Å². The van der Waals surface area contributed by atoms with Crippen molar-refractivity contribution in [2.24, 2.45) is 0 Å².